The molecule has 168 valence electrons. The fourth-order valence-electron chi connectivity index (χ4n) is 2.97. The van der Waals surface area contributed by atoms with Crippen LogP contribution in [0.2, 0.25) is 0 Å². The van der Waals surface area contributed by atoms with Crippen molar-refractivity contribution in [1.82, 2.24) is 15.5 Å². The van der Waals surface area contributed by atoms with Crippen LogP contribution >= 0.6 is 0 Å². The number of esters is 1. The number of aromatic nitrogens is 2. The third-order valence-electron chi connectivity index (χ3n) is 4.94. The van der Waals surface area contributed by atoms with Crippen LogP contribution in [0.15, 0.2) is 52.9 Å². The molecule has 8 heteroatoms. The smallest absolute Gasteiger partial charge is 0.329 e. The van der Waals surface area contributed by atoms with E-state index in [1.807, 2.05) is 32.9 Å². The van der Waals surface area contributed by atoms with Crippen LogP contribution < -0.4 is 10.1 Å². The van der Waals surface area contributed by atoms with Crippen LogP contribution in [-0.4, -0.2) is 35.2 Å². The summed E-state index contributed by atoms with van der Waals surface area (Å²) in [7, 11) is 1.59. The lowest BCUT2D eigenvalue weighted by molar-refractivity contribution is -0.153. The van der Waals surface area contributed by atoms with Crippen LogP contribution in [0, 0.1) is 12.8 Å². The highest BCUT2D eigenvalue weighted by atomic mass is 16.6. The molecule has 0 aliphatic heterocycles. The summed E-state index contributed by atoms with van der Waals surface area (Å²) >= 11 is 0. The van der Waals surface area contributed by atoms with Crippen molar-refractivity contribution in [2.75, 3.05) is 7.11 Å². The van der Waals surface area contributed by atoms with E-state index in [0.717, 1.165) is 5.56 Å². The fourth-order valence-corrected chi connectivity index (χ4v) is 2.97. The molecule has 1 aromatic heterocycles. The summed E-state index contributed by atoms with van der Waals surface area (Å²) in [6.07, 6.45) is -0.778. The highest BCUT2D eigenvalue weighted by Crippen LogP contribution is 2.24. The van der Waals surface area contributed by atoms with E-state index < -0.39 is 18.1 Å². The Bertz CT molecular complexity index is 1060. The molecular formula is C24H27N3O5. The SMILES string of the molecule is COc1ccc(-c2nnc(C(C)OC(=O)[C@@H](NC(=O)c3ccc(C)cc3)C(C)C)o2)cc1. The van der Waals surface area contributed by atoms with E-state index in [4.69, 9.17) is 13.9 Å². The van der Waals surface area contributed by atoms with E-state index in [-0.39, 0.29) is 17.7 Å². The van der Waals surface area contributed by atoms with Gasteiger partial charge in [-0.3, -0.25) is 4.79 Å². The van der Waals surface area contributed by atoms with Gasteiger partial charge in [-0.25, -0.2) is 4.79 Å². The summed E-state index contributed by atoms with van der Waals surface area (Å²) in [6, 6.07) is 13.5. The number of carbonyl (C=O) groups excluding carboxylic acids is 2. The van der Waals surface area contributed by atoms with Gasteiger partial charge in [0.15, 0.2) is 6.10 Å². The number of hydrogen-bond acceptors (Lipinski definition) is 7. The largest absolute Gasteiger partial charge is 0.497 e. The van der Waals surface area contributed by atoms with E-state index in [1.54, 1.807) is 50.4 Å². The molecule has 3 aromatic rings. The molecule has 1 N–H and O–H groups in total. The summed E-state index contributed by atoms with van der Waals surface area (Å²) in [6.45, 7) is 7.25. The second kappa shape index (κ2) is 10.1. The predicted molar refractivity (Wildman–Crippen MR) is 118 cm³/mol. The molecule has 0 radical (unpaired) electrons. The average molecular weight is 437 g/mol. The van der Waals surface area contributed by atoms with Crippen LogP contribution in [0.5, 0.6) is 5.75 Å². The number of carbonyl (C=O) groups is 2. The third kappa shape index (κ3) is 5.51. The Kier molecular flexibility index (Phi) is 7.25. The molecule has 2 atom stereocenters. The zero-order valence-electron chi connectivity index (χ0n) is 18.8. The third-order valence-corrected chi connectivity index (χ3v) is 4.94. The van der Waals surface area contributed by atoms with Crippen molar-refractivity contribution in [2.45, 2.75) is 39.8 Å². The Morgan fingerprint density at radius 2 is 1.62 bits per heavy atom. The number of aryl methyl sites for hydroxylation is 1. The minimum atomic E-state index is -0.824. The molecule has 1 amide bonds. The highest BCUT2D eigenvalue weighted by molar-refractivity contribution is 5.96. The molecule has 8 nitrogen and oxygen atoms in total. The molecule has 2 aromatic carbocycles. The molecule has 1 heterocycles. The van der Waals surface area contributed by atoms with Gasteiger partial charge in [0.25, 0.3) is 11.8 Å². The lowest BCUT2D eigenvalue weighted by Crippen LogP contribution is -2.45. The van der Waals surface area contributed by atoms with Gasteiger partial charge in [-0.15, -0.1) is 10.2 Å². The summed E-state index contributed by atoms with van der Waals surface area (Å²) in [5.74, 6) is 0.0880. The van der Waals surface area contributed by atoms with Crippen LogP contribution in [-0.2, 0) is 9.53 Å². The number of amides is 1. The van der Waals surface area contributed by atoms with Gasteiger partial charge in [0, 0.05) is 11.1 Å². The van der Waals surface area contributed by atoms with Crippen molar-refractivity contribution in [3.63, 3.8) is 0 Å². The maximum Gasteiger partial charge on any atom is 0.329 e. The maximum absolute atomic E-state index is 12.8. The maximum atomic E-state index is 12.8. The number of nitrogens with one attached hydrogen (secondary N) is 1. The Labute approximate surface area is 186 Å². The van der Waals surface area contributed by atoms with Gasteiger partial charge in [0.2, 0.25) is 5.89 Å². The van der Waals surface area contributed by atoms with Crippen molar-refractivity contribution in [1.29, 1.82) is 0 Å². The first-order chi connectivity index (χ1) is 15.3. The van der Waals surface area contributed by atoms with E-state index in [0.29, 0.717) is 22.8 Å². The quantitative estimate of drug-likeness (QED) is 0.529. The second-order valence-corrected chi connectivity index (χ2v) is 7.81. The van der Waals surface area contributed by atoms with Crippen LogP contribution in [0.25, 0.3) is 11.5 Å². The van der Waals surface area contributed by atoms with E-state index in [2.05, 4.69) is 15.5 Å². The summed E-state index contributed by atoms with van der Waals surface area (Å²) in [4.78, 5) is 25.4. The number of methoxy groups -OCH3 is 1. The van der Waals surface area contributed by atoms with Gasteiger partial charge in [-0.1, -0.05) is 31.5 Å². The first kappa shape index (κ1) is 23.0. The van der Waals surface area contributed by atoms with Crippen molar-refractivity contribution in [2.24, 2.45) is 5.92 Å². The zero-order chi connectivity index (χ0) is 23.3. The standard InChI is InChI=1S/C24H27N3O5/c1-14(2)20(25-21(28)17-8-6-15(3)7-9-17)24(29)31-16(4)22-26-27-23(32-22)18-10-12-19(30-5)13-11-18/h6-14,16,20H,1-5H3,(H,25,28)/t16?,20-/m0/s1. The van der Waals surface area contributed by atoms with E-state index in [9.17, 15) is 9.59 Å². The molecule has 0 saturated carbocycles. The number of ether oxygens (including phenoxy) is 2. The molecule has 3 rings (SSSR count). The normalized spacial score (nSPS) is 12.8. The lowest BCUT2D eigenvalue weighted by atomic mass is 10.0. The molecule has 0 saturated heterocycles. The molecule has 0 spiro atoms. The molecule has 0 bridgehead atoms. The van der Waals surface area contributed by atoms with Crippen molar-refractivity contribution >= 4 is 11.9 Å². The van der Waals surface area contributed by atoms with Crippen LogP contribution in [0.1, 0.15) is 48.7 Å². The second-order valence-electron chi connectivity index (χ2n) is 7.81. The van der Waals surface area contributed by atoms with Gasteiger partial charge in [-0.2, -0.15) is 0 Å². The van der Waals surface area contributed by atoms with E-state index in [1.165, 1.54) is 0 Å². The molecule has 0 aliphatic carbocycles. The van der Waals surface area contributed by atoms with Crippen molar-refractivity contribution in [3.8, 4) is 17.2 Å². The topological polar surface area (TPSA) is 104 Å². The van der Waals surface area contributed by atoms with Crippen molar-refractivity contribution in [3.05, 3.63) is 65.5 Å². The minimum Gasteiger partial charge on any atom is -0.497 e. The average Bonchev–Trinajstić information content (AvgIpc) is 3.28. The van der Waals surface area contributed by atoms with E-state index >= 15 is 0 Å². The molecule has 1 unspecified atom stereocenters. The Balaban J connectivity index is 1.66. The predicted octanol–water partition coefficient (Wildman–Crippen LogP) is 4.11. The number of hydrogen-bond donors (Lipinski definition) is 1. The van der Waals surface area contributed by atoms with Gasteiger partial charge in [-0.05, 0) is 56.2 Å². The van der Waals surface area contributed by atoms with Crippen LogP contribution in [0.4, 0.5) is 0 Å². The summed E-state index contributed by atoms with van der Waals surface area (Å²) < 4.78 is 16.4. The summed E-state index contributed by atoms with van der Waals surface area (Å²) in [5, 5.41) is 10.8. The number of rotatable bonds is 8. The Morgan fingerprint density at radius 3 is 2.22 bits per heavy atom. The van der Waals surface area contributed by atoms with Gasteiger partial charge in [0.1, 0.15) is 11.8 Å². The van der Waals surface area contributed by atoms with Gasteiger partial charge >= 0.3 is 5.97 Å². The monoisotopic (exact) mass is 437 g/mol. The summed E-state index contributed by atoms with van der Waals surface area (Å²) in [5.41, 5.74) is 2.24. The fraction of sp³-hybridized carbons (Fsp3) is 0.333. The zero-order valence-corrected chi connectivity index (χ0v) is 18.8. The molecule has 0 aliphatic rings. The Morgan fingerprint density at radius 1 is 0.969 bits per heavy atom. The molecular weight excluding hydrogens is 410 g/mol. The first-order valence-electron chi connectivity index (χ1n) is 10.3. The van der Waals surface area contributed by atoms with Crippen LogP contribution in [0.3, 0.4) is 0 Å². The Hall–Kier alpha value is -3.68. The number of nitrogens with zero attached hydrogens (tertiary/aromatic N) is 2. The van der Waals surface area contributed by atoms with Crippen molar-refractivity contribution < 1.29 is 23.5 Å². The first-order valence-corrected chi connectivity index (χ1v) is 10.3. The lowest BCUT2D eigenvalue weighted by Gasteiger charge is -2.22. The molecule has 32 heavy (non-hydrogen) atoms. The highest BCUT2D eigenvalue weighted by Gasteiger charge is 2.29. The minimum absolute atomic E-state index is 0.163. The van der Waals surface area contributed by atoms with Gasteiger partial charge in [0.05, 0.1) is 7.11 Å². The van der Waals surface area contributed by atoms with Gasteiger partial charge < -0.3 is 19.2 Å². The number of benzene rings is 2. The molecule has 0 fully saturated rings.